The van der Waals surface area contributed by atoms with Crippen molar-refractivity contribution >= 4 is 5.97 Å². The van der Waals surface area contributed by atoms with Crippen LogP contribution >= 0.6 is 0 Å². The van der Waals surface area contributed by atoms with Crippen molar-refractivity contribution in [2.45, 2.75) is 31.3 Å². The Morgan fingerprint density at radius 1 is 1.53 bits per heavy atom. The van der Waals surface area contributed by atoms with E-state index in [0.717, 1.165) is 38.1 Å². The van der Waals surface area contributed by atoms with Gasteiger partial charge in [0.15, 0.2) is 5.69 Å². The van der Waals surface area contributed by atoms with Gasteiger partial charge in [-0.2, -0.15) is 0 Å². The number of carbonyl (C=O) groups excluding carboxylic acids is 1. The molecule has 104 valence electrons. The van der Waals surface area contributed by atoms with Crippen LogP contribution in [0.2, 0.25) is 0 Å². The second-order valence-electron chi connectivity index (χ2n) is 4.93. The predicted molar refractivity (Wildman–Crippen MR) is 65.8 cm³/mol. The van der Waals surface area contributed by atoms with E-state index in [4.69, 9.17) is 9.47 Å². The molecule has 0 radical (unpaired) electrons. The average Bonchev–Trinajstić information content (AvgIpc) is 3.14. The third kappa shape index (κ3) is 2.23. The first-order chi connectivity index (χ1) is 9.31. The Balaban J connectivity index is 1.98. The minimum Gasteiger partial charge on any atom is -0.464 e. The zero-order chi connectivity index (χ0) is 13.2. The second kappa shape index (κ2) is 5.26. The summed E-state index contributed by atoms with van der Waals surface area (Å²) in [4.78, 5) is 11.8. The number of hydrogen-bond acceptors (Lipinski definition) is 6. The Morgan fingerprint density at radius 2 is 2.42 bits per heavy atom. The normalized spacial score (nSPS) is 26.8. The van der Waals surface area contributed by atoms with Gasteiger partial charge in [0.05, 0.1) is 31.5 Å². The number of carbonyl (C=O) groups is 1. The van der Waals surface area contributed by atoms with E-state index in [2.05, 4.69) is 15.6 Å². The Bertz CT molecular complexity index is 462. The summed E-state index contributed by atoms with van der Waals surface area (Å²) in [5.41, 5.74) is 1.17. The zero-order valence-corrected chi connectivity index (χ0v) is 11.0. The van der Waals surface area contributed by atoms with E-state index in [9.17, 15) is 4.79 Å². The maximum atomic E-state index is 11.8. The molecule has 2 aliphatic rings. The Labute approximate surface area is 111 Å². The van der Waals surface area contributed by atoms with Gasteiger partial charge in [-0.1, -0.05) is 5.21 Å². The number of nitrogens with zero attached hydrogens (tertiary/aromatic N) is 3. The number of methoxy groups -OCH3 is 1. The molecule has 0 amide bonds. The van der Waals surface area contributed by atoms with E-state index in [1.807, 2.05) is 4.68 Å². The van der Waals surface area contributed by atoms with Crippen LogP contribution in [0, 0.1) is 0 Å². The van der Waals surface area contributed by atoms with Crippen molar-refractivity contribution in [2.24, 2.45) is 0 Å². The first kappa shape index (κ1) is 12.6. The van der Waals surface area contributed by atoms with Gasteiger partial charge < -0.3 is 14.8 Å². The first-order valence-electron chi connectivity index (χ1n) is 6.65. The summed E-state index contributed by atoms with van der Waals surface area (Å²) in [5.74, 6) is -0.422. The number of ether oxygens (including phenoxy) is 2. The lowest BCUT2D eigenvalue weighted by Gasteiger charge is -2.17. The molecule has 1 N–H and O–H groups in total. The average molecular weight is 266 g/mol. The van der Waals surface area contributed by atoms with Crippen molar-refractivity contribution in [1.29, 1.82) is 0 Å². The number of rotatable bonds is 3. The number of hydrogen-bond donors (Lipinski definition) is 1. The molecule has 3 rings (SSSR count). The van der Waals surface area contributed by atoms with Crippen LogP contribution in [0.15, 0.2) is 0 Å². The van der Waals surface area contributed by atoms with Gasteiger partial charge in [0.1, 0.15) is 0 Å². The van der Waals surface area contributed by atoms with E-state index in [1.165, 1.54) is 7.11 Å². The summed E-state index contributed by atoms with van der Waals surface area (Å²) < 4.78 is 12.0. The van der Waals surface area contributed by atoms with Crippen LogP contribution in [0.3, 0.4) is 0 Å². The van der Waals surface area contributed by atoms with Crippen LogP contribution in [0.1, 0.15) is 47.5 Å². The van der Waals surface area contributed by atoms with Crippen molar-refractivity contribution in [2.75, 3.05) is 26.9 Å². The van der Waals surface area contributed by atoms with Crippen molar-refractivity contribution in [3.05, 3.63) is 11.4 Å². The minimum absolute atomic E-state index is 0.129. The van der Waals surface area contributed by atoms with Gasteiger partial charge in [-0.15, -0.1) is 5.10 Å². The molecule has 0 bridgehead atoms. The lowest BCUT2D eigenvalue weighted by Crippen LogP contribution is -2.23. The molecule has 1 aromatic rings. The molecule has 7 heteroatoms. The maximum absolute atomic E-state index is 11.8. The fraction of sp³-hybridized carbons (Fsp3) is 0.750. The fourth-order valence-corrected chi connectivity index (χ4v) is 2.77. The standard InChI is InChI=1S/C12H18N4O3/c1-18-12(17)10-11(9-3-2-5-13-9)16(15-14-10)8-4-6-19-7-8/h8-9,13H,2-7H2,1H3. The highest BCUT2D eigenvalue weighted by atomic mass is 16.5. The monoisotopic (exact) mass is 266 g/mol. The molecule has 0 spiro atoms. The van der Waals surface area contributed by atoms with Crippen LogP contribution in [0.5, 0.6) is 0 Å². The van der Waals surface area contributed by atoms with E-state index in [0.29, 0.717) is 12.3 Å². The van der Waals surface area contributed by atoms with Gasteiger partial charge >= 0.3 is 5.97 Å². The molecule has 0 aromatic carbocycles. The molecule has 2 unspecified atom stereocenters. The SMILES string of the molecule is COC(=O)c1nnn(C2CCOC2)c1C1CCCN1. The highest BCUT2D eigenvalue weighted by molar-refractivity contribution is 5.88. The number of nitrogens with one attached hydrogen (secondary N) is 1. The number of aromatic nitrogens is 3. The quantitative estimate of drug-likeness (QED) is 0.800. The summed E-state index contributed by atoms with van der Waals surface area (Å²) in [6, 6.07) is 0.299. The van der Waals surface area contributed by atoms with Crippen molar-refractivity contribution in [3.63, 3.8) is 0 Å². The van der Waals surface area contributed by atoms with E-state index >= 15 is 0 Å². The highest BCUT2D eigenvalue weighted by Crippen LogP contribution is 2.29. The van der Waals surface area contributed by atoms with Gasteiger partial charge in [0.2, 0.25) is 0 Å². The zero-order valence-electron chi connectivity index (χ0n) is 11.0. The fourth-order valence-electron chi connectivity index (χ4n) is 2.77. The van der Waals surface area contributed by atoms with Gasteiger partial charge in [-0.25, -0.2) is 9.48 Å². The molecule has 7 nitrogen and oxygen atoms in total. The molecule has 0 saturated carbocycles. The molecular weight excluding hydrogens is 248 g/mol. The van der Waals surface area contributed by atoms with Gasteiger partial charge in [-0.05, 0) is 25.8 Å². The van der Waals surface area contributed by atoms with Gasteiger partial charge in [0, 0.05) is 6.61 Å². The van der Waals surface area contributed by atoms with Crippen LogP contribution in [0.25, 0.3) is 0 Å². The van der Waals surface area contributed by atoms with Crippen LogP contribution in [-0.2, 0) is 9.47 Å². The number of esters is 1. The van der Waals surface area contributed by atoms with Crippen molar-refractivity contribution in [1.82, 2.24) is 20.3 Å². The molecule has 3 heterocycles. The highest BCUT2D eigenvalue weighted by Gasteiger charge is 2.32. The van der Waals surface area contributed by atoms with Crippen molar-refractivity contribution < 1.29 is 14.3 Å². The third-order valence-corrected chi connectivity index (χ3v) is 3.75. The molecule has 0 aliphatic carbocycles. The summed E-state index contributed by atoms with van der Waals surface area (Å²) in [6.07, 6.45) is 2.99. The first-order valence-corrected chi connectivity index (χ1v) is 6.65. The summed E-state index contributed by atoms with van der Waals surface area (Å²) in [5, 5.41) is 11.6. The van der Waals surface area contributed by atoms with Crippen LogP contribution in [0.4, 0.5) is 0 Å². The largest absolute Gasteiger partial charge is 0.464 e. The van der Waals surface area contributed by atoms with Crippen LogP contribution < -0.4 is 5.32 Å². The maximum Gasteiger partial charge on any atom is 0.360 e. The molecule has 19 heavy (non-hydrogen) atoms. The summed E-state index contributed by atoms with van der Waals surface area (Å²) in [6.45, 7) is 2.32. The Morgan fingerprint density at radius 3 is 3.05 bits per heavy atom. The van der Waals surface area contributed by atoms with Gasteiger partial charge in [0.25, 0.3) is 0 Å². The molecule has 2 saturated heterocycles. The Kier molecular flexibility index (Phi) is 3.48. The molecule has 2 fully saturated rings. The Hall–Kier alpha value is -1.47. The minimum atomic E-state index is -0.422. The molecule has 1 aromatic heterocycles. The van der Waals surface area contributed by atoms with E-state index in [1.54, 1.807) is 0 Å². The predicted octanol–water partition coefficient (Wildman–Crippen LogP) is 0.451. The summed E-state index contributed by atoms with van der Waals surface area (Å²) in [7, 11) is 1.37. The second-order valence-corrected chi connectivity index (χ2v) is 4.93. The summed E-state index contributed by atoms with van der Waals surface area (Å²) >= 11 is 0. The molecule has 2 atom stereocenters. The van der Waals surface area contributed by atoms with Gasteiger partial charge in [-0.3, -0.25) is 0 Å². The third-order valence-electron chi connectivity index (χ3n) is 3.75. The lowest BCUT2D eigenvalue weighted by molar-refractivity contribution is 0.0591. The lowest BCUT2D eigenvalue weighted by atomic mass is 10.1. The molecule has 2 aliphatic heterocycles. The van der Waals surface area contributed by atoms with Crippen LogP contribution in [-0.4, -0.2) is 47.8 Å². The van der Waals surface area contributed by atoms with E-state index in [-0.39, 0.29) is 12.1 Å². The topological polar surface area (TPSA) is 78.3 Å². The van der Waals surface area contributed by atoms with Crippen molar-refractivity contribution in [3.8, 4) is 0 Å². The smallest absolute Gasteiger partial charge is 0.360 e. The molecular formula is C12H18N4O3. The van der Waals surface area contributed by atoms with E-state index < -0.39 is 5.97 Å².